The van der Waals surface area contributed by atoms with E-state index in [1.165, 1.54) is 5.56 Å². The average molecular weight is 367 g/mol. The van der Waals surface area contributed by atoms with Gasteiger partial charge in [-0.2, -0.15) is 0 Å². The number of nitrogens with one attached hydrogen (secondary N) is 3. The van der Waals surface area contributed by atoms with Gasteiger partial charge in [-0.3, -0.25) is 4.79 Å². The fourth-order valence-electron chi connectivity index (χ4n) is 3.11. The first-order chi connectivity index (χ1) is 13.2. The lowest BCUT2D eigenvalue weighted by Gasteiger charge is -2.25. The van der Waals surface area contributed by atoms with E-state index in [4.69, 9.17) is 4.74 Å². The molecule has 3 rings (SSSR count). The summed E-state index contributed by atoms with van der Waals surface area (Å²) in [4.78, 5) is 24.2. The van der Waals surface area contributed by atoms with E-state index in [9.17, 15) is 9.59 Å². The lowest BCUT2D eigenvalue weighted by Crippen LogP contribution is -2.37. The van der Waals surface area contributed by atoms with Gasteiger partial charge >= 0.3 is 5.97 Å². The van der Waals surface area contributed by atoms with Crippen LogP contribution in [-0.4, -0.2) is 38.1 Å². The number of fused-ring (bicyclic) bond motifs is 1. The number of amides is 1. The van der Waals surface area contributed by atoms with Gasteiger partial charge in [0.1, 0.15) is 12.6 Å². The van der Waals surface area contributed by atoms with Gasteiger partial charge in [0, 0.05) is 25.2 Å². The van der Waals surface area contributed by atoms with Crippen molar-refractivity contribution in [1.82, 2.24) is 10.6 Å². The van der Waals surface area contributed by atoms with Crippen LogP contribution in [0.15, 0.2) is 54.6 Å². The first kappa shape index (κ1) is 18.9. The minimum atomic E-state index is -0.430. The number of rotatable bonds is 8. The molecule has 1 aliphatic rings. The van der Waals surface area contributed by atoms with Crippen molar-refractivity contribution in [2.75, 3.05) is 31.6 Å². The molecular formula is C21H25N3O3. The third-order valence-electron chi connectivity index (χ3n) is 4.47. The topological polar surface area (TPSA) is 79.5 Å². The van der Waals surface area contributed by atoms with Crippen molar-refractivity contribution in [3.8, 4) is 0 Å². The Hall–Kier alpha value is -2.86. The fraction of sp³-hybridized carbons (Fsp3) is 0.333. The first-order valence-corrected chi connectivity index (χ1v) is 9.27. The van der Waals surface area contributed by atoms with E-state index in [0.717, 1.165) is 24.2 Å². The number of esters is 1. The van der Waals surface area contributed by atoms with E-state index in [0.29, 0.717) is 19.5 Å². The zero-order chi connectivity index (χ0) is 18.9. The number of hydrogen-bond acceptors (Lipinski definition) is 5. The summed E-state index contributed by atoms with van der Waals surface area (Å²) in [5.74, 6) is -0.377. The van der Waals surface area contributed by atoms with E-state index < -0.39 is 6.04 Å². The molecule has 2 aromatic rings. The molecule has 1 heterocycles. The van der Waals surface area contributed by atoms with Gasteiger partial charge in [0.15, 0.2) is 0 Å². The highest BCUT2D eigenvalue weighted by atomic mass is 16.5. The summed E-state index contributed by atoms with van der Waals surface area (Å²) < 4.78 is 5.33. The molecular weight excluding hydrogens is 342 g/mol. The average Bonchev–Trinajstić information content (AvgIpc) is 2.71. The summed E-state index contributed by atoms with van der Waals surface area (Å²) in [6, 6.07) is 17.2. The molecule has 0 spiro atoms. The van der Waals surface area contributed by atoms with Crippen LogP contribution >= 0.6 is 0 Å². The van der Waals surface area contributed by atoms with Gasteiger partial charge in [-0.25, -0.2) is 4.79 Å². The van der Waals surface area contributed by atoms with E-state index in [1.807, 2.05) is 54.6 Å². The van der Waals surface area contributed by atoms with E-state index in [2.05, 4.69) is 16.0 Å². The van der Waals surface area contributed by atoms with Crippen molar-refractivity contribution < 1.29 is 14.3 Å². The molecule has 0 saturated carbocycles. The second-order valence-electron chi connectivity index (χ2n) is 6.40. The molecule has 2 aromatic carbocycles. The molecule has 1 amide bonds. The highest BCUT2D eigenvalue weighted by Crippen LogP contribution is 2.23. The SMILES string of the molecule is O=C(CCNc1ccccc1)NCCOC(=O)C1NCCc2ccccc21. The van der Waals surface area contributed by atoms with Gasteiger partial charge in [-0.05, 0) is 29.7 Å². The molecule has 0 aromatic heterocycles. The number of carbonyl (C=O) groups is 2. The second-order valence-corrected chi connectivity index (χ2v) is 6.40. The fourth-order valence-corrected chi connectivity index (χ4v) is 3.11. The lowest BCUT2D eigenvalue weighted by molar-refractivity contribution is -0.146. The van der Waals surface area contributed by atoms with Crippen LogP contribution in [0.25, 0.3) is 0 Å². The number of carbonyl (C=O) groups excluding carboxylic acids is 2. The number of ether oxygens (including phenoxy) is 1. The van der Waals surface area contributed by atoms with E-state index >= 15 is 0 Å². The Morgan fingerprint density at radius 3 is 2.67 bits per heavy atom. The highest BCUT2D eigenvalue weighted by molar-refractivity contribution is 5.79. The normalized spacial score (nSPS) is 15.5. The standard InChI is InChI=1S/C21H25N3O3/c25-19(11-13-22-17-7-2-1-3-8-17)23-14-15-27-21(26)20-18-9-5-4-6-16(18)10-12-24-20/h1-9,20,22,24H,10-15H2,(H,23,25). The van der Waals surface area contributed by atoms with Crippen molar-refractivity contribution in [3.05, 3.63) is 65.7 Å². The quantitative estimate of drug-likeness (QED) is 0.491. The molecule has 142 valence electrons. The minimum Gasteiger partial charge on any atom is -0.462 e. The molecule has 6 heteroatoms. The predicted molar refractivity (Wildman–Crippen MR) is 104 cm³/mol. The Morgan fingerprint density at radius 2 is 1.81 bits per heavy atom. The second kappa shape index (κ2) is 9.73. The van der Waals surface area contributed by atoms with Gasteiger partial charge in [0.2, 0.25) is 5.91 Å². The molecule has 3 N–H and O–H groups in total. The molecule has 6 nitrogen and oxygen atoms in total. The predicted octanol–water partition coefficient (Wildman–Crippen LogP) is 2.03. The first-order valence-electron chi connectivity index (χ1n) is 9.27. The number of anilines is 1. The highest BCUT2D eigenvalue weighted by Gasteiger charge is 2.26. The number of benzene rings is 2. The monoisotopic (exact) mass is 367 g/mol. The molecule has 0 radical (unpaired) electrons. The van der Waals surface area contributed by atoms with Crippen LogP contribution in [0.1, 0.15) is 23.6 Å². The van der Waals surface area contributed by atoms with Crippen molar-refractivity contribution in [2.24, 2.45) is 0 Å². The number of para-hydroxylation sites is 1. The summed E-state index contributed by atoms with van der Waals surface area (Å²) in [7, 11) is 0. The third-order valence-corrected chi connectivity index (χ3v) is 4.47. The van der Waals surface area contributed by atoms with Crippen LogP contribution in [0, 0.1) is 0 Å². The summed E-state index contributed by atoms with van der Waals surface area (Å²) in [5.41, 5.74) is 3.14. The van der Waals surface area contributed by atoms with Crippen molar-refractivity contribution in [3.63, 3.8) is 0 Å². The van der Waals surface area contributed by atoms with E-state index in [-0.39, 0.29) is 18.5 Å². The zero-order valence-corrected chi connectivity index (χ0v) is 15.2. The lowest BCUT2D eigenvalue weighted by atomic mass is 9.94. The van der Waals surface area contributed by atoms with Crippen LogP contribution in [-0.2, 0) is 20.7 Å². The van der Waals surface area contributed by atoms with E-state index in [1.54, 1.807) is 0 Å². The summed E-state index contributed by atoms with van der Waals surface area (Å²) in [6.07, 6.45) is 1.27. The Balaban J connectivity index is 1.33. The molecule has 27 heavy (non-hydrogen) atoms. The summed E-state index contributed by atoms with van der Waals surface area (Å²) in [6.45, 7) is 1.78. The smallest absolute Gasteiger partial charge is 0.327 e. The van der Waals surface area contributed by atoms with Crippen LogP contribution in [0.2, 0.25) is 0 Å². The van der Waals surface area contributed by atoms with Crippen LogP contribution < -0.4 is 16.0 Å². The zero-order valence-electron chi connectivity index (χ0n) is 15.2. The summed E-state index contributed by atoms with van der Waals surface area (Å²) in [5, 5.41) is 9.15. The third kappa shape index (κ3) is 5.56. The van der Waals surface area contributed by atoms with Crippen molar-refractivity contribution in [2.45, 2.75) is 18.9 Å². The molecule has 1 atom stereocenters. The van der Waals surface area contributed by atoms with Gasteiger partial charge < -0.3 is 20.7 Å². The van der Waals surface area contributed by atoms with Crippen molar-refractivity contribution in [1.29, 1.82) is 0 Å². The molecule has 0 fully saturated rings. The van der Waals surface area contributed by atoms with Crippen LogP contribution in [0.3, 0.4) is 0 Å². The van der Waals surface area contributed by atoms with Crippen molar-refractivity contribution >= 4 is 17.6 Å². The van der Waals surface area contributed by atoms with Gasteiger partial charge in [-0.15, -0.1) is 0 Å². The van der Waals surface area contributed by atoms with Gasteiger partial charge in [-0.1, -0.05) is 42.5 Å². The Kier molecular flexibility index (Phi) is 6.82. The van der Waals surface area contributed by atoms with Crippen LogP contribution in [0.5, 0.6) is 0 Å². The molecule has 0 bridgehead atoms. The largest absolute Gasteiger partial charge is 0.462 e. The maximum atomic E-state index is 12.3. The Morgan fingerprint density at radius 1 is 1.04 bits per heavy atom. The van der Waals surface area contributed by atoms with Gasteiger partial charge in [0.05, 0.1) is 6.54 Å². The molecule has 0 saturated heterocycles. The summed E-state index contributed by atoms with van der Waals surface area (Å²) >= 11 is 0. The van der Waals surface area contributed by atoms with Crippen LogP contribution in [0.4, 0.5) is 5.69 Å². The Bertz CT molecular complexity index is 764. The Labute approximate surface area is 159 Å². The maximum Gasteiger partial charge on any atom is 0.327 e. The minimum absolute atomic E-state index is 0.0735. The molecule has 1 unspecified atom stereocenters. The maximum absolute atomic E-state index is 12.3. The molecule has 1 aliphatic heterocycles. The van der Waals surface area contributed by atoms with Gasteiger partial charge in [0.25, 0.3) is 0 Å². The number of hydrogen-bond donors (Lipinski definition) is 3. The molecule has 0 aliphatic carbocycles.